The second kappa shape index (κ2) is 4.06. The van der Waals surface area contributed by atoms with Crippen molar-refractivity contribution >= 4 is 28.5 Å². The summed E-state index contributed by atoms with van der Waals surface area (Å²) in [7, 11) is 0. The van der Waals surface area contributed by atoms with Gasteiger partial charge in [-0.3, -0.25) is 0 Å². The average Bonchev–Trinajstić information content (AvgIpc) is 2.28. The zero-order valence-corrected chi connectivity index (χ0v) is 9.32. The first-order valence-electron chi connectivity index (χ1n) is 4.82. The third-order valence-electron chi connectivity index (χ3n) is 2.27. The molecule has 0 amide bonds. The Labute approximate surface area is 96.9 Å². The lowest BCUT2D eigenvalue weighted by Gasteiger charge is -2.04. The van der Waals surface area contributed by atoms with Gasteiger partial charge in [0.2, 0.25) is 0 Å². The van der Waals surface area contributed by atoms with E-state index in [0.717, 1.165) is 0 Å². The first kappa shape index (κ1) is 10.8. The molecule has 0 spiro atoms. The molecule has 1 aromatic heterocycles. The van der Waals surface area contributed by atoms with Crippen molar-refractivity contribution in [3.63, 3.8) is 0 Å². The van der Waals surface area contributed by atoms with E-state index in [1.807, 2.05) is 6.92 Å². The molecule has 4 nitrogen and oxygen atoms in total. The molecule has 5 heteroatoms. The molecule has 1 aromatic carbocycles. The van der Waals surface area contributed by atoms with Crippen LogP contribution in [0.2, 0.25) is 5.15 Å². The van der Waals surface area contributed by atoms with Crippen LogP contribution in [0.25, 0.3) is 10.9 Å². The van der Waals surface area contributed by atoms with Gasteiger partial charge in [-0.2, -0.15) is 0 Å². The molecule has 16 heavy (non-hydrogen) atoms. The molecule has 1 N–H and O–H groups in total. The highest BCUT2D eigenvalue weighted by molar-refractivity contribution is 6.34. The fourth-order valence-corrected chi connectivity index (χ4v) is 1.74. The standard InChI is InChI=1S/C11H9ClN2O2/c1-2-8-13-9-6(10(12)14-8)4-3-5-7(9)11(15)16/h3-5H,2H2,1H3,(H,15,16). The fraction of sp³-hybridized carbons (Fsp3) is 0.182. The van der Waals surface area contributed by atoms with E-state index >= 15 is 0 Å². The summed E-state index contributed by atoms with van der Waals surface area (Å²) in [6, 6.07) is 4.85. The lowest BCUT2D eigenvalue weighted by molar-refractivity contribution is 0.0699. The van der Waals surface area contributed by atoms with Crippen molar-refractivity contribution in [2.75, 3.05) is 0 Å². The Morgan fingerprint density at radius 1 is 1.44 bits per heavy atom. The lowest BCUT2D eigenvalue weighted by atomic mass is 10.1. The minimum atomic E-state index is -1.01. The van der Waals surface area contributed by atoms with Crippen molar-refractivity contribution in [2.24, 2.45) is 0 Å². The topological polar surface area (TPSA) is 63.1 Å². The van der Waals surface area contributed by atoms with Gasteiger partial charge in [0.05, 0.1) is 11.1 Å². The summed E-state index contributed by atoms with van der Waals surface area (Å²) < 4.78 is 0. The molecule has 1 heterocycles. The molecule has 0 radical (unpaired) electrons. The third-order valence-corrected chi connectivity index (χ3v) is 2.56. The van der Waals surface area contributed by atoms with Crippen LogP contribution in [0.1, 0.15) is 23.1 Å². The van der Waals surface area contributed by atoms with E-state index in [0.29, 0.717) is 28.3 Å². The summed E-state index contributed by atoms with van der Waals surface area (Å²) in [5.41, 5.74) is 0.545. The molecule has 0 saturated carbocycles. The van der Waals surface area contributed by atoms with E-state index < -0.39 is 5.97 Å². The zero-order valence-electron chi connectivity index (χ0n) is 8.57. The summed E-state index contributed by atoms with van der Waals surface area (Å²) in [6.45, 7) is 1.89. The number of carboxylic acids is 1. The third kappa shape index (κ3) is 1.72. The maximum Gasteiger partial charge on any atom is 0.337 e. The zero-order chi connectivity index (χ0) is 11.7. The van der Waals surface area contributed by atoms with Crippen LogP contribution in [-0.2, 0) is 6.42 Å². The molecule has 2 aromatic rings. The molecule has 0 aliphatic carbocycles. The highest BCUT2D eigenvalue weighted by atomic mass is 35.5. The highest BCUT2D eigenvalue weighted by Gasteiger charge is 2.12. The Hall–Kier alpha value is -1.68. The number of hydrogen-bond acceptors (Lipinski definition) is 3. The Morgan fingerprint density at radius 2 is 2.19 bits per heavy atom. The van der Waals surface area contributed by atoms with Gasteiger partial charge in [-0.25, -0.2) is 14.8 Å². The molecule has 0 atom stereocenters. The van der Waals surface area contributed by atoms with Gasteiger partial charge in [0.25, 0.3) is 0 Å². The van der Waals surface area contributed by atoms with Crippen LogP contribution in [-0.4, -0.2) is 21.0 Å². The van der Waals surface area contributed by atoms with E-state index in [4.69, 9.17) is 16.7 Å². The van der Waals surface area contributed by atoms with Crippen molar-refractivity contribution in [1.82, 2.24) is 9.97 Å². The maximum absolute atomic E-state index is 11.0. The van der Waals surface area contributed by atoms with Gasteiger partial charge in [0.15, 0.2) is 0 Å². The first-order chi connectivity index (χ1) is 7.63. The molecule has 0 saturated heterocycles. The normalized spacial score (nSPS) is 10.6. The maximum atomic E-state index is 11.0. The predicted octanol–water partition coefficient (Wildman–Crippen LogP) is 2.54. The van der Waals surface area contributed by atoms with E-state index in [1.54, 1.807) is 12.1 Å². The van der Waals surface area contributed by atoms with Gasteiger partial charge in [-0.1, -0.05) is 24.6 Å². The van der Waals surface area contributed by atoms with Gasteiger partial charge in [-0.15, -0.1) is 0 Å². The molecule has 2 rings (SSSR count). The van der Waals surface area contributed by atoms with Gasteiger partial charge < -0.3 is 5.11 Å². The Bertz CT molecular complexity index is 569. The first-order valence-corrected chi connectivity index (χ1v) is 5.19. The number of aryl methyl sites for hydroxylation is 1. The van der Waals surface area contributed by atoms with Gasteiger partial charge in [0, 0.05) is 11.8 Å². The highest BCUT2D eigenvalue weighted by Crippen LogP contribution is 2.23. The van der Waals surface area contributed by atoms with E-state index in [-0.39, 0.29) is 5.56 Å². The van der Waals surface area contributed by atoms with Crippen LogP contribution in [0.5, 0.6) is 0 Å². The Morgan fingerprint density at radius 3 is 2.81 bits per heavy atom. The molecule has 82 valence electrons. The van der Waals surface area contributed by atoms with Crippen LogP contribution in [0.15, 0.2) is 18.2 Å². The van der Waals surface area contributed by atoms with Crippen molar-refractivity contribution < 1.29 is 9.90 Å². The number of rotatable bonds is 2. The second-order valence-electron chi connectivity index (χ2n) is 3.29. The van der Waals surface area contributed by atoms with Crippen LogP contribution >= 0.6 is 11.6 Å². The average molecular weight is 237 g/mol. The monoisotopic (exact) mass is 236 g/mol. The number of halogens is 1. The number of benzene rings is 1. The van der Waals surface area contributed by atoms with Crippen molar-refractivity contribution in [3.8, 4) is 0 Å². The number of fused-ring (bicyclic) bond motifs is 1. The molecule has 0 fully saturated rings. The summed E-state index contributed by atoms with van der Waals surface area (Å²) >= 11 is 5.97. The second-order valence-corrected chi connectivity index (χ2v) is 3.65. The van der Waals surface area contributed by atoms with Gasteiger partial charge >= 0.3 is 5.97 Å². The molecular formula is C11H9ClN2O2. The SMILES string of the molecule is CCc1nc(Cl)c2cccc(C(=O)O)c2n1. The largest absolute Gasteiger partial charge is 0.478 e. The van der Waals surface area contributed by atoms with Gasteiger partial charge in [-0.05, 0) is 12.1 Å². The number of aromatic nitrogens is 2. The number of carbonyl (C=O) groups is 1. The Kier molecular flexibility index (Phi) is 2.75. The summed E-state index contributed by atoms with van der Waals surface area (Å²) in [6.07, 6.45) is 0.615. The fourth-order valence-electron chi connectivity index (χ4n) is 1.49. The predicted molar refractivity (Wildman–Crippen MR) is 60.9 cm³/mol. The number of hydrogen-bond donors (Lipinski definition) is 1. The molecule has 0 aliphatic heterocycles. The Balaban J connectivity index is 2.85. The number of para-hydroxylation sites is 1. The molecule has 0 unspecified atom stereocenters. The van der Waals surface area contributed by atoms with Crippen LogP contribution in [0, 0.1) is 0 Å². The van der Waals surface area contributed by atoms with Crippen molar-refractivity contribution in [1.29, 1.82) is 0 Å². The summed E-state index contributed by atoms with van der Waals surface area (Å²) in [5.74, 6) is -0.464. The number of carboxylic acid groups (broad SMARTS) is 1. The van der Waals surface area contributed by atoms with Crippen molar-refractivity contribution in [3.05, 3.63) is 34.7 Å². The van der Waals surface area contributed by atoms with E-state index in [9.17, 15) is 4.79 Å². The van der Waals surface area contributed by atoms with Crippen LogP contribution in [0.3, 0.4) is 0 Å². The smallest absolute Gasteiger partial charge is 0.337 e. The quantitative estimate of drug-likeness (QED) is 0.814. The van der Waals surface area contributed by atoms with E-state index in [2.05, 4.69) is 9.97 Å². The number of aromatic carboxylic acids is 1. The van der Waals surface area contributed by atoms with Crippen LogP contribution in [0.4, 0.5) is 0 Å². The molecule has 0 bridgehead atoms. The minimum absolute atomic E-state index is 0.150. The van der Waals surface area contributed by atoms with E-state index in [1.165, 1.54) is 6.07 Å². The lowest BCUT2D eigenvalue weighted by Crippen LogP contribution is -2.02. The number of nitrogens with zero attached hydrogens (tertiary/aromatic N) is 2. The van der Waals surface area contributed by atoms with Gasteiger partial charge in [0.1, 0.15) is 11.0 Å². The van der Waals surface area contributed by atoms with Crippen molar-refractivity contribution in [2.45, 2.75) is 13.3 Å². The molecular weight excluding hydrogens is 228 g/mol. The summed E-state index contributed by atoms with van der Waals surface area (Å²) in [5, 5.41) is 9.90. The van der Waals surface area contributed by atoms with Crippen LogP contribution < -0.4 is 0 Å². The molecule has 0 aliphatic rings. The summed E-state index contributed by atoms with van der Waals surface area (Å²) in [4.78, 5) is 19.3. The minimum Gasteiger partial charge on any atom is -0.478 e.